The summed E-state index contributed by atoms with van der Waals surface area (Å²) in [6, 6.07) is 4.31. The van der Waals surface area contributed by atoms with Crippen molar-refractivity contribution in [3.8, 4) is 17.0 Å². The lowest BCUT2D eigenvalue weighted by molar-refractivity contribution is 0.0693. The number of aromatic carboxylic acids is 1. The van der Waals surface area contributed by atoms with Crippen molar-refractivity contribution in [2.75, 3.05) is 7.11 Å². The molecule has 1 aromatic carbocycles. The molecular weight excluding hydrogens is 252 g/mol. The molecule has 1 heterocycles. The number of hydrogen-bond acceptors (Lipinski definition) is 5. The van der Waals surface area contributed by atoms with E-state index in [-0.39, 0.29) is 22.7 Å². The van der Waals surface area contributed by atoms with Crippen LogP contribution in [0.3, 0.4) is 0 Å². The minimum Gasteiger partial charge on any atom is -0.496 e. The number of nitrogens with zero attached hydrogens (tertiary/aromatic N) is 2. The molecule has 0 saturated heterocycles. The Morgan fingerprint density at radius 1 is 1.37 bits per heavy atom. The van der Waals surface area contributed by atoms with Gasteiger partial charge in [0.15, 0.2) is 5.69 Å². The molecule has 0 saturated carbocycles. The van der Waals surface area contributed by atoms with E-state index in [0.29, 0.717) is 5.56 Å². The Bertz CT molecular complexity index is 650. The van der Waals surface area contributed by atoms with Crippen LogP contribution in [-0.4, -0.2) is 39.5 Å². The number of aromatic amines is 1. The van der Waals surface area contributed by atoms with Gasteiger partial charge < -0.3 is 15.6 Å². The van der Waals surface area contributed by atoms with E-state index in [9.17, 15) is 9.59 Å². The first kappa shape index (κ1) is 12.6. The molecule has 0 atom stereocenters. The predicted octanol–water partition coefficient (Wildman–Crippen LogP) is 0.277. The van der Waals surface area contributed by atoms with Gasteiger partial charge in [0.25, 0.3) is 5.91 Å². The Morgan fingerprint density at radius 3 is 2.68 bits per heavy atom. The molecule has 1 amide bonds. The normalized spacial score (nSPS) is 10.2. The predicted molar refractivity (Wildman–Crippen MR) is 63.8 cm³/mol. The van der Waals surface area contributed by atoms with Crippen LogP contribution in [0, 0.1) is 0 Å². The van der Waals surface area contributed by atoms with Crippen molar-refractivity contribution in [1.82, 2.24) is 15.4 Å². The molecular formula is C11H10N4O4. The van der Waals surface area contributed by atoms with Gasteiger partial charge in [0.2, 0.25) is 0 Å². The van der Waals surface area contributed by atoms with Crippen LogP contribution in [0.5, 0.6) is 5.75 Å². The van der Waals surface area contributed by atoms with Crippen LogP contribution in [0.25, 0.3) is 11.3 Å². The van der Waals surface area contributed by atoms with Gasteiger partial charge in [-0.3, -0.25) is 4.79 Å². The van der Waals surface area contributed by atoms with Crippen molar-refractivity contribution in [3.63, 3.8) is 0 Å². The van der Waals surface area contributed by atoms with Gasteiger partial charge in [-0.1, -0.05) is 6.07 Å². The van der Waals surface area contributed by atoms with Gasteiger partial charge in [0, 0.05) is 5.56 Å². The van der Waals surface area contributed by atoms with Gasteiger partial charge in [-0.15, -0.1) is 0 Å². The van der Waals surface area contributed by atoms with Crippen LogP contribution in [0.2, 0.25) is 0 Å². The van der Waals surface area contributed by atoms with Gasteiger partial charge in [-0.05, 0) is 12.1 Å². The number of nitrogens with two attached hydrogens (primary N) is 1. The fraction of sp³-hybridized carbons (Fsp3) is 0.0909. The lowest BCUT2D eigenvalue weighted by Gasteiger charge is -2.06. The smallest absolute Gasteiger partial charge is 0.339 e. The van der Waals surface area contributed by atoms with Crippen LogP contribution in [0.15, 0.2) is 18.2 Å². The molecule has 8 nitrogen and oxygen atoms in total. The number of nitrogens with one attached hydrogen (secondary N) is 1. The van der Waals surface area contributed by atoms with Crippen LogP contribution < -0.4 is 10.5 Å². The van der Waals surface area contributed by atoms with Crippen LogP contribution in [0.4, 0.5) is 0 Å². The highest BCUT2D eigenvalue weighted by atomic mass is 16.5. The van der Waals surface area contributed by atoms with Crippen LogP contribution in [0.1, 0.15) is 20.8 Å². The summed E-state index contributed by atoms with van der Waals surface area (Å²) in [5.41, 5.74) is 5.86. The summed E-state index contributed by atoms with van der Waals surface area (Å²) in [6.07, 6.45) is 0. The lowest BCUT2D eigenvalue weighted by atomic mass is 10.1. The Morgan fingerprint density at radius 2 is 2.11 bits per heavy atom. The fourth-order valence-electron chi connectivity index (χ4n) is 1.62. The zero-order valence-corrected chi connectivity index (χ0v) is 9.88. The van der Waals surface area contributed by atoms with E-state index in [2.05, 4.69) is 15.4 Å². The number of carboxylic acid groups (broad SMARTS) is 1. The molecule has 4 N–H and O–H groups in total. The number of carbonyl (C=O) groups excluding carboxylic acids is 1. The first-order valence-corrected chi connectivity index (χ1v) is 5.17. The highest BCUT2D eigenvalue weighted by molar-refractivity contribution is 5.97. The minimum absolute atomic E-state index is 0.00960. The first-order chi connectivity index (χ1) is 9.04. The average molecular weight is 262 g/mol. The van der Waals surface area contributed by atoms with E-state index in [4.69, 9.17) is 15.6 Å². The maximum Gasteiger partial charge on any atom is 0.339 e. The second-order valence-electron chi connectivity index (χ2n) is 3.61. The largest absolute Gasteiger partial charge is 0.496 e. The number of carbonyl (C=O) groups is 2. The first-order valence-electron chi connectivity index (χ1n) is 5.17. The standard InChI is InChI=1S/C11H10N4O4/c1-19-7-4-5(2-3-6(7)11(17)18)8-9(10(12)16)14-15-13-8/h2-4H,1H3,(H2,12,16)(H,17,18)(H,13,14,15). The summed E-state index contributed by atoms with van der Waals surface area (Å²) in [7, 11) is 1.35. The van der Waals surface area contributed by atoms with E-state index < -0.39 is 11.9 Å². The lowest BCUT2D eigenvalue weighted by Crippen LogP contribution is -2.12. The fourth-order valence-corrected chi connectivity index (χ4v) is 1.62. The molecule has 0 aliphatic rings. The molecule has 0 aliphatic carbocycles. The summed E-state index contributed by atoms with van der Waals surface area (Å²) in [5, 5.41) is 18.7. The molecule has 8 heteroatoms. The molecule has 2 rings (SSSR count). The van der Waals surface area contributed by atoms with Crippen LogP contribution >= 0.6 is 0 Å². The van der Waals surface area contributed by atoms with Crippen molar-refractivity contribution in [2.45, 2.75) is 0 Å². The number of rotatable bonds is 4. The number of H-pyrrole nitrogens is 1. The summed E-state index contributed by atoms with van der Waals surface area (Å²) in [6.45, 7) is 0. The zero-order chi connectivity index (χ0) is 14.0. The summed E-state index contributed by atoms with van der Waals surface area (Å²) in [5.74, 6) is -1.69. The van der Waals surface area contributed by atoms with E-state index in [1.807, 2.05) is 0 Å². The summed E-state index contributed by atoms with van der Waals surface area (Å²) in [4.78, 5) is 22.1. The molecule has 0 radical (unpaired) electrons. The number of ether oxygens (including phenoxy) is 1. The van der Waals surface area contributed by atoms with Crippen molar-refractivity contribution in [3.05, 3.63) is 29.5 Å². The minimum atomic E-state index is -1.11. The Labute approximate surface area is 107 Å². The van der Waals surface area contributed by atoms with E-state index in [1.165, 1.54) is 25.3 Å². The second-order valence-corrected chi connectivity index (χ2v) is 3.61. The zero-order valence-electron chi connectivity index (χ0n) is 9.88. The molecule has 19 heavy (non-hydrogen) atoms. The molecule has 2 aromatic rings. The van der Waals surface area contributed by atoms with Crippen LogP contribution in [-0.2, 0) is 0 Å². The average Bonchev–Trinajstić information content (AvgIpc) is 2.87. The molecule has 0 bridgehead atoms. The number of amides is 1. The van der Waals surface area contributed by atoms with E-state index in [1.54, 1.807) is 0 Å². The van der Waals surface area contributed by atoms with Crippen molar-refractivity contribution in [2.24, 2.45) is 5.73 Å². The number of aromatic nitrogens is 3. The van der Waals surface area contributed by atoms with Crippen molar-refractivity contribution >= 4 is 11.9 Å². The maximum atomic E-state index is 11.2. The van der Waals surface area contributed by atoms with E-state index >= 15 is 0 Å². The summed E-state index contributed by atoms with van der Waals surface area (Å²) >= 11 is 0. The monoisotopic (exact) mass is 262 g/mol. The Hall–Kier alpha value is -2.90. The van der Waals surface area contributed by atoms with Crippen molar-refractivity contribution < 1.29 is 19.4 Å². The number of primary amides is 1. The SMILES string of the molecule is COc1cc(-c2n[nH]nc2C(N)=O)ccc1C(=O)O. The molecule has 1 aromatic heterocycles. The van der Waals surface area contributed by atoms with Gasteiger partial charge in [-0.2, -0.15) is 15.4 Å². The summed E-state index contributed by atoms with van der Waals surface area (Å²) < 4.78 is 4.99. The molecule has 0 fully saturated rings. The molecule has 0 unspecified atom stereocenters. The topological polar surface area (TPSA) is 131 Å². The highest BCUT2D eigenvalue weighted by Gasteiger charge is 2.18. The van der Waals surface area contributed by atoms with Gasteiger partial charge in [-0.25, -0.2) is 4.79 Å². The molecule has 0 aliphatic heterocycles. The Kier molecular flexibility index (Phi) is 3.15. The third-order valence-electron chi connectivity index (χ3n) is 2.49. The number of benzene rings is 1. The third kappa shape index (κ3) is 2.23. The van der Waals surface area contributed by atoms with Gasteiger partial charge >= 0.3 is 5.97 Å². The maximum absolute atomic E-state index is 11.2. The number of methoxy groups -OCH3 is 1. The highest BCUT2D eigenvalue weighted by Crippen LogP contribution is 2.27. The third-order valence-corrected chi connectivity index (χ3v) is 2.49. The second kappa shape index (κ2) is 4.77. The van der Waals surface area contributed by atoms with Gasteiger partial charge in [0.05, 0.1) is 7.11 Å². The van der Waals surface area contributed by atoms with Gasteiger partial charge in [0.1, 0.15) is 17.0 Å². The number of carboxylic acids is 1. The number of hydrogen-bond donors (Lipinski definition) is 3. The molecule has 0 spiro atoms. The molecule has 98 valence electrons. The van der Waals surface area contributed by atoms with Crippen molar-refractivity contribution in [1.29, 1.82) is 0 Å². The Balaban J connectivity index is 2.55. The quantitative estimate of drug-likeness (QED) is 0.725. The van der Waals surface area contributed by atoms with E-state index in [0.717, 1.165) is 0 Å².